The van der Waals surface area contributed by atoms with Gasteiger partial charge in [0.05, 0.1) is 18.3 Å². The van der Waals surface area contributed by atoms with E-state index in [-0.39, 0.29) is 17.9 Å². The van der Waals surface area contributed by atoms with Crippen LogP contribution in [0.2, 0.25) is 0 Å². The molecule has 1 atom stereocenters. The molecule has 0 N–H and O–H groups in total. The zero-order valence-electron chi connectivity index (χ0n) is 19.3. The molecule has 2 amide bonds. The third-order valence-electron chi connectivity index (χ3n) is 5.82. The summed E-state index contributed by atoms with van der Waals surface area (Å²) in [6.07, 6.45) is 1.77. The fourth-order valence-corrected chi connectivity index (χ4v) is 4.15. The fraction of sp³-hybridized carbons (Fsp3) is 0.417. The first kappa shape index (κ1) is 21.8. The summed E-state index contributed by atoms with van der Waals surface area (Å²) in [4.78, 5) is 39.8. The van der Waals surface area contributed by atoms with Crippen molar-refractivity contribution in [3.05, 3.63) is 53.2 Å². The van der Waals surface area contributed by atoms with Crippen LogP contribution in [0.1, 0.15) is 53.4 Å². The predicted molar refractivity (Wildman–Crippen MR) is 122 cm³/mol. The van der Waals surface area contributed by atoms with Crippen LogP contribution in [0.15, 0.2) is 34.7 Å². The van der Waals surface area contributed by atoms with Crippen molar-refractivity contribution in [2.24, 2.45) is 0 Å². The molecule has 1 aromatic carbocycles. The second-order valence-corrected chi connectivity index (χ2v) is 8.65. The third kappa shape index (κ3) is 4.30. The van der Waals surface area contributed by atoms with Gasteiger partial charge in [0.15, 0.2) is 11.6 Å². The molecule has 0 spiro atoms. The number of aryl methyl sites for hydroxylation is 1. The molecule has 0 unspecified atom stereocenters. The van der Waals surface area contributed by atoms with Gasteiger partial charge in [0.25, 0.3) is 5.91 Å². The Labute approximate surface area is 187 Å². The number of benzene rings is 1. The van der Waals surface area contributed by atoms with Gasteiger partial charge >= 0.3 is 0 Å². The highest BCUT2D eigenvalue weighted by molar-refractivity contribution is 5.96. The molecule has 1 aliphatic rings. The largest absolute Gasteiger partial charge is 0.451 e. The van der Waals surface area contributed by atoms with E-state index in [0.29, 0.717) is 23.7 Å². The number of amides is 2. The number of nitrogens with zero attached hydrogens (tertiary/aromatic N) is 5. The number of hydrogen-bond donors (Lipinski definition) is 0. The Balaban J connectivity index is 1.60. The average Bonchev–Trinajstić information content (AvgIpc) is 3.39. The summed E-state index contributed by atoms with van der Waals surface area (Å²) in [5.41, 5.74) is 2.52. The van der Waals surface area contributed by atoms with Crippen molar-refractivity contribution >= 4 is 28.6 Å². The highest BCUT2D eigenvalue weighted by Gasteiger charge is 2.31. The van der Waals surface area contributed by atoms with Crippen LogP contribution < -0.4 is 4.90 Å². The SMILES string of the molecule is CC(=O)N1CCC[C@@H]1c1nc(CN(C)C(=O)c2cc3cc(C)ccc3o2)cc(N(C)C)n1. The van der Waals surface area contributed by atoms with Crippen molar-refractivity contribution in [2.75, 3.05) is 32.6 Å². The van der Waals surface area contributed by atoms with Crippen LogP contribution in [0.3, 0.4) is 0 Å². The van der Waals surface area contributed by atoms with E-state index in [0.717, 1.165) is 41.8 Å². The molecule has 3 heterocycles. The number of furan rings is 1. The molecule has 1 fully saturated rings. The topological polar surface area (TPSA) is 82.8 Å². The summed E-state index contributed by atoms with van der Waals surface area (Å²) in [5, 5.41) is 0.909. The Hall–Kier alpha value is -3.42. The van der Waals surface area contributed by atoms with Gasteiger partial charge in [0.2, 0.25) is 5.91 Å². The smallest absolute Gasteiger partial charge is 0.289 e. The molecule has 32 heavy (non-hydrogen) atoms. The van der Waals surface area contributed by atoms with E-state index in [1.165, 1.54) is 0 Å². The van der Waals surface area contributed by atoms with Gasteiger partial charge in [0.1, 0.15) is 11.4 Å². The maximum absolute atomic E-state index is 13.0. The highest BCUT2D eigenvalue weighted by atomic mass is 16.3. The molecule has 0 saturated carbocycles. The average molecular weight is 436 g/mol. The second kappa shape index (κ2) is 8.61. The summed E-state index contributed by atoms with van der Waals surface area (Å²) in [6.45, 7) is 4.61. The second-order valence-electron chi connectivity index (χ2n) is 8.65. The molecule has 1 saturated heterocycles. The fourth-order valence-electron chi connectivity index (χ4n) is 4.15. The number of carbonyl (C=O) groups is 2. The Kier molecular flexibility index (Phi) is 5.86. The lowest BCUT2D eigenvalue weighted by Crippen LogP contribution is -2.30. The molecule has 168 valence electrons. The van der Waals surface area contributed by atoms with Gasteiger partial charge < -0.3 is 19.1 Å². The van der Waals surface area contributed by atoms with Crippen LogP contribution in [0.4, 0.5) is 5.82 Å². The summed E-state index contributed by atoms with van der Waals surface area (Å²) < 4.78 is 5.77. The number of anilines is 1. The Morgan fingerprint density at radius 2 is 1.94 bits per heavy atom. The third-order valence-corrected chi connectivity index (χ3v) is 5.82. The van der Waals surface area contributed by atoms with Gasteiger partial charge in [-0.15, -0.1) is 0 Å². The van der Waals surface area contributed by atoms with Gasteiger partial charge in [-0.2, -0.15) is 0 Å². The van der Waals surface area contributed by atoms with Crippen molar-refractivity contribution in [3.63, 3.8) is 0 Å². The summed E-state index contributed by atoms with van der Waals surface area (Å²) in [5.74, 6) is 1.49. The molecular weight excluding hydrogens is 406 g/mol. The molecule has 0 aliphatic carbocycles. The highest BCUT2D eigenvalue weighted by Crippen LogP contribution is 2.31. The molecule has 3 aromatic rings. The van der Waals surface area contributed by atoms with Crippen molar-refractivity contribution in [1.82, 2.24) is 19.8 Å². The zero-order valence-corrected chi connectivity index (χ0v) is 19.3. The van der Waals surface area contributed by atoms with Crippen LogP contribution in [-0.4, -0.2) is 59.3 Å². The first-order valence-corrected chi connectivity index (χ1v) is 10.8. The van der Waals surface area contributed by atoms with E-state index >= 15 is 0 Å². The first-order chi connectivity index (χ1) is 15.2. The number of rotatable bonds is 5. The number of hydrogen-bond acceptors (Lipinski definition) is 6. The van der Waals surface area contributed by atoms with E-state index < -0.39 is 0 Å². The van der Waals surface area contributed by atoms with Gasteiger partial charge in [-0.25, -0.2) is 9.97 Å². The minimum Gasteiger partial charge on any atom is -0.451 e. The Morgan fingerprint density at radius 1 is 1.16 bits per heavy atom. The standard InChI is InChI=1S/C24H29N5O3/c1-15-8-9-20-17(11-15)12-21(32-20)24(31)28(5)14-18-13-22(27(3)4)26-23(25-18)19-7-6-10-29(19)16(2)30/h8-9,11-13,19H,6-7,10,14H2,1-5H3/t19-/m1/s1. The lowest BCUT2D eigenvalue weighted by atomic mass is 10.2. The van der Waals surface area contributed by atoms with Gasteiger partial charge in [-0.05, 0) is 38.0 Å². The monoisotopic (exact) mass is 435 g/mol. The summed E-state index contributed by atoms with van der Waals surface area (Å²) in [6, 6.07) is 9.36. The number of carbonyl (C=O) groups excluding carboxylic acids is 2. The number of likely N-dealkylation sites (tertiary alicyclic amines) is 1. The van der Waals surface area contributed by atoms with Crippen molar-refractivity contribution < 1.29 is 14.0 Å². The lowest BCUT2D eigenvalue weighted by molar-refractivity contribution is -0.129. The molecule has 8 heteroatoms. The maximum atomic E-state index is 13.0. The minimum atomic E-state index is -0.211. The quantitative estimate of drug-likeness (QED) is 0.610. The van der Waals surface area contributed by atoms with E-state index in [2.05, 4.69) is 0 Å². The van der Waals surface area contributed by atoms with Crippen LogP contribution in [0.25, 0.3) is 11.0 Å². The normalized spacial score (nSPS) is 15.9. The molecule has 4 rings (SSSR count). The van der Waals surface area contributed by atoms with Crippen LogP contribution >= 0.6 is 0 Å². The van der Waals surface area contributed by atoms with E-state index in [1.807, 2.05) is 55.1 Å². The van der Waals surface area contributed by atoms with Gasteiger partial charge in [0, 0.05) is 46.1 Å². The summed E-state index contributed by atoms with van der Waals surface area (Å²) >= 11 is 0. The van der Waals surface area contributed by atoms with Crippen molar-refractivity contribution in [1.29, 1.82) is 0 Å². The van der Waals surface area contributed by atoms with Crippen molar-refractivity contribution in [2.45, 2.75) is 39.3 Å². The lowest BCUT2D eigenvalue weighted by Gasteiger charge is -2.24. The van der Waals surface area contributed by atoms with E-state index in [9.17, 15) is 9.59 Å². The molecule has 0 radical (unpaired) electrons. The first-order valence-electron chi connectivity index (χ1n) is 10.8. The van der Waals surface area contributed by atoms with E-state index in [4.69, 9.17) is 14.4 Å². The molecule has 1 aliphatic heterocycles. The van der Waals surface area contributed by atoms with Crippen LogP contribution in [0, 0.1) is 6.92 Å². The number of aromatic nitrogens is 2. The van der Waals surface area contributed by atoms with E-state index in [1.54, 1.807) is 24.9 Å². The zero-order chi connectivity index (χ0) is 23.0. The van der Waals surface area contributed by atoms with Crippen LogP contribution in [-0.2, 0) is 11.3 Å². The van der Waals surface area contributed by atoms with Crippen molar-refractivity contribution in [3.8, 4) is 0 Å². The Bertz CT molecular complexity index is 1170. The summed E-state index contributed by atoms with van der Waals surface area (Å²) in [7, 11) is 5.56. The molecule has 2 aromatic heterocycles. The van der Waals surface area contributed by atoms with Gasteiger partial charge in [-0.3, -0.25) is 9.59 Å². The molecule has 8 nitrogen and oxygen atoms in total. The Morgan fingerprint density at radius 3 is 2.66 bits per heavy atom. The molecule has 0 bridgehead atoms. The minimum absolute atomic E-state index is 0.0281. The predicted octanol–water partition coefficient (Wildman–Crippen LogP) is 3.55. The maximum Gasteiger partial charge on any atom is 0.289 e. The number of fused-ring (bicyclic) bond motifs is 1. The molecular formula is C24H29N5O3. The van der Waals surface area contributed by atoms with Crippen LogP contribution in [0.5, 0.6) is 0 Å². The van der Waals surface area contributed by atoms with Gasteiger partial charge in [-0.1, -0.05) is 11.6 Å².